The number of hydrogen-bond acceptors (Lipinski definition) is 6. The minimum absolute atomic E-state index is 0.0164. The molecular formula is C21H25N5O3. The van der Waals surface area contributed by atoms with E-state index in [1.54, 1.807) is 7.11 Å². The number of likely N-dealkylation sites (tertiary alicyclic amines) is 2. The zero-order valence-electron chi connectivity index (χ0n) is 16.5. The first-order valence-electron chi connectivity index (χ1n) is 10.2. The van der Waals surface area contributed by atoms with Crippen LogP contribution in [0.3, 0.4) is 0 Å². The molecule has 1 unspecified atom stereocenters. The zero-order chi connectivity index (χ0) is 19.8. The van der Waals surface area contributed by atoms with Crippen molar-refractivity contribution in [2.75, 3.05) is 39.9 Å². The standard InChI is InChI=1S/C21H25N5O3/c1-28-10-9-25-8-4-7-18(25)20-23-19(24-29-20)15-12-26(13-15)21(27)17-11-14-5-2-3-6-16(14)22-17/h2-3,5-6,11,15,18,22H,4,7-10,12-13H2,1H3. The average Bonchev–Trinajstić information content (AvgIpc) is 3.43. The summed E-state index contributed by atoms with van der Waals surface area (Å²) >= 11 is 0. The maximum absolute atomic E-state index is 12.7. The molecule has 0 saturated carbocycles. The Labute approximate surface area is 168 Å². The Morgan fingerprint density at radius 2 is 2.21 bits per heavy atom. The molecule has 2 fully saturated rings. The summed E-state index contributed by atoms with van der Waals surface area (Å²) in [5.41, 5.74) is 1.60. The summed E-state index contributed by atoms with van der Waals surface area (Å²) in [5, 5.41) is 5.26. The maximum Gasteiger partial charge on any atom is 0.270 e. The number of nitrogens with one attached hydrogen (secondary N) is 1. The molecule has 8 heteroatoms. The molecule has 2 saturated heterocycles. The van der Waals surface area contributed by atoms with E-state index < -0.39 is 0 Å². The highest BCUT2D eigenvalue weighted by Gasteiger charge is 2.37. The summed E-state index contributed by atoms with van der Waals surface area (Å²) in [7, 11) is 1.72. The summed E-state index contributed by atoms with van der Waals surface area (Å²) in [5.74, 6) is 1.55. The predicted octanol–water partition coefficient (Wildman–Crippen LogP) is 2.57. The van der Waals surface area contributed by atoms with Crippen molar-refractivity contribution in [2.24, 2.45) is 0 Å². The van der Waals surface area contributed by atoms with Crippen LogP contribution in [-0.2, 0) is 4.74 Å². The van der Waals surface area contributed by atoms with Gasteiger partial charge in [-0.2, -0.15) is 4.98 Å². The van der Waals surface area contributed by atoms with Gasteiger partial charge >= 0.3 is 0 Å². The lowest BCUT2D eigenvalue weighted by Crippen LogP contribution is -2.49. The molecule has 152 valence electrons. The van der Waals surface area contributed by atoms with Crippen molar-refractivity contribution in [1.82, 2.24) is 24.9 Å². The first kappa shape index (κ1) is 18.3. The largest absolute Gasteiger partial charge is 0.383 e. The van der Waals surface area contributed by atoms with Crippen LogP contribution in [0.4, 0.5) is 0 Å². The lowest BCUT2D eigenvalue weighted by atomic mass is 9.99. The minimum atomic E-state index is 0.0164. The van der Waals surface area contributed by atoms with Gasteiger partial charge in [0, 0.05) is 37.6 Å². The first-order valence-corrected chi connectivity index (χ1v) is 10.2. The number of carbonyl (C=O) groups excluding carboxylic acids is 1. The fraction of sp³-hybridized carbons (Fsp3) is 0.476. The van der Waals surface area contributed by atoms with E-state index in [1.165, 1.54) is 0 Å². The number of rotatable bonds is 6. The Morgan fingerprint density at radius 3 is 3.03 bits per heavy atom. The number of benzene rings is 1. The molecule has 1 amide bonds. The van der Waals surface area contributed by atoms with Crippen LogP contribution >= 0.6 is 0 Å². The fourth-order valence-electron chi connectivity index (χ4n) is 4.30. The molecule has 1 N–H and O–H groups in total. The first-order chi connectivity index (χ1) is 14.2. The predicted molar refractivity (Wildman–Crippen MR) is 107 cm³/mol. The smallest absolute Gasteiger partial charge is 0.270 e. The number of nitrogens with zero attached hydrogens (tertiary/aromatic N) is 4. The monoisotopic (exact) mass is 395 g/mol. The molecule has 4 heterocycles. The number of amides is 1. The van der Waals surface area contributed by atoms with E-state index in [0.29, 0.717) is 37.1 Å². The average molecular weight is 395 g/mol. The summed E-state index contributed by atoms with van der Waals surface area (Å²) in [6.07, 6.45) is 2.16. The van der Waals surface area contributed by atoms with Crippen LogP contribution in [0.25, 0.3) is 10.9 Å². The van der Waals surface area contributed by atoms with Gasteiger partial charge in [0.2, 0.25) is 5.89 Å². The van der Waals surface area contributed by atoms with Crippen LogP contribution in [0, 0.1) is 0 Å². The van der Waals surface area contributed by atoms with Gasteiger partial charge in [0.1, 0.15) is 5.69 Å². The highest BCUT2D eigenvalue weighted by molar-refractivity contribution is 5.98. The second-order valence-corrected chi connectivity index (χ2v) is 7.85. The molecule has 8 nitrogen and oxygen atoms in total. The highest BCUT2D eigenvalue weighted by Crippen LogP contribution is 2.33. The number of aromatic nitrogens is 3. The van der Waals surface area contributed by atoms with Gasteiger partial charge in [-0.25, -0.2) is 0 Å². The van der Waals surface area contributed by atoms with E-state index in [0.717, 1.165) is 36.8 Å². The molecule has 3 aromatic rings. The number of H-pyrrole nitrogens is 1. The van der Waals surface area contributed by atoms with Gasteiger partial charge in [-0.1, -0.05) is 23.4 Å². The number of fused-ring (bicyclic) bond motifs is 1. The summed E-state index contributed by atoms with van der Waals surface area (Å²) in [6.45, 7) is 3.83. The molecule has 5 rings (SSSR count). The molecule has 0 radical (unpaired) electrons. The Balaban J connectivity index is 1.21. The number of hydrogen-bond donors (Lipinski definition) is 1. The molecule has 1 atom stereocenters. The molecule has 2 aromatic heterocycles. The maximum atomic E-state index is 12.7. The van der Waals surface area contributed by atoms with Gasteiger partial charge in [0.25, 0.3) is 5.91 Å². The third kappa shape index (κ3) is 3.42. The zero-order valence-corrected chi connectivity index (χ0v) is 16.5. The molecule has 2 aliphatic rings. The number of methoxy groups -OCH3 is 1. The van der Waals surface area contributed by atoms with Crippen molar-refractivity contribution in [3.05, 3.63) is 47.7 Å². The van der Waals surface area contributed by atoms with Crippen LogP contribution in [-0.4, -0.2) is 70.7 Å². The topological polar surface area (TPSA) is 87.5 Å². The van der Waals surface area contributed by atoms with E-state index >= 15 is 0 Å². The van der Waals surface area contributed by atoms with Gasteiger partial charge in [-0.15, -0.1) is 0 Å². The lowest BCUT2D eigenvalue weighted by Gasteiger charge is -2.37. The second kappa shape index (κ2) is 7.61. The number of ether oxygens (including phenoxy) is 1. The molecule has 29 heavy (non-hydrogen) atoms. The molecule has 2 aliphatic heterocycles. The van der Waals surface area contributed by atoms with Crippen molar-refractivity contribution >= 4 is 16.8 Å². The van der Waals surface area contributed by atoms with Crippen molar-refractivity contribution in [2.45, 2.75) is 24.8 Å². The van der Waals surface area contributed by atoms with E-state index in [1.807, 2.05) is 35.2 Å². The van der Waals surface area contributed by atoms with E-state index in [9.17, 15) is 4.79 Å². The minimum Gasteiger partial charge on any atom is -0.383 e. The highest BCUT2D eigenvalue weighted by atomic mass is 16.5. The SMILES string of the molecule is COCCN1CCCC1c1nc(C2CN(C(=O)c3cc4ccccc4[nH]3)C2)no1. The third-order valence-electron chi connectivity index (χ3n) is 5.98. The summed E-state index contributed by atoms with van der Waals surface area (Å²) in [4.78, 5) is 24.8. The van der Waals surface area contributed by atoms with E-state index in [2.05, 4.69) is 20.0 Å². The van der Waals surface area contributed by atoms with Gasteiger partial charge in [-0.05, 0) is 31.5 Å². The van der Waals surface area contributed by atoms with Crippen LogP contribution in [0.2, 0.25) is 0 Å². The Morgan fingerprint density at radius 1 is 1.34 bits per heavy atom. The van der Waals surface area contributed by atoms with Gasteiger partial charge in [-0.3, -0.25) is 9.69 Å². The Kier molecular flexibility index (Phi) is 4.81. The Bertz CT molecular complexity index is 974. The van der Waals surface area contributed by atoms with Crippen LogP contribution in [0.1, 0.15) is 47.0 Å². The Hall–Kier alpha value is -2.71. The van der Waals surface area contributed by atoms with Gasteiger partial charge in [0.05, 0.1) is 18.6 Å². The van der Waals surface area contributed by atoms with Crippen molar-refractivity contribution in [1.29, 1.82) is 0 Å². The van der Waals surface area contributed by atoms with Crippen molar-refractivity contribution in [3.63, 3.8) is 0 Å². The summed E-state index contributed by atoms with van der Waals surface area (Å²) < 4.78 is 10.8. The van der Waals surface area contributed by atoms with Gasteiger partial charge in [0.15, 0.2) is 5.82 Å². The molecule has 1 aromatic carbocycles. The number of aromatic amines is 1. The molecule has 0 bridgehead atoms. The molecular weight excluding hydrogens is 370 g/mol. The van der Waals surface area contributed by atoms with E-state index in [4.69, 9.17) is 9.26 Å². The van der Waals surface area contributed by atoms with Crippen LogP contribution in [0.15, 0.2) is 34.9 Å². The third-order valence-corrected chi connectivity index (χ3v) is 5.98. The van der Waals surface area contributed by atoms with Gasteiger partial charge < -0.3 is 19.1 Å². The molecule has 0 spiro atoms. The molecule has 0 aliphatic carbocycles. The fourth-order valence-corrected chi connectivity index (χ4v) is 4.30. The van der Waals surface area contributed by atoms with Crippen molar-refractivity contribution in [3.8, 4) is 0 Å². The quantitative estimate of drug-likeness (QED) is 0.690. The second-order valence-electron chi connectivity index (χ2n) is 7.85. The normalized spacial score (nSPS) is 20.4. The van der Waals surface area contributed by atoms with Crippen LogP contribution in [0.5, 0.6) is 0 Å². The lowest BCUT2D eigenvalue weighted by molar-refractivity contribution is 0.0587. The van der Waals surface area contributed by atoms with Crippen molar-refractivity contribution < 1.29 is 14.1 Å². The summed E-state index contributed by atoms with van der Waals surface area (Å²) in [6, 6.07) is 9.99. The van der Waals surface area contributed by atoms with E-state index in [-0.39, 0.29) is 17.9 Å². The van der Waals surface area contributed by atoms with Crippen LogP contribution < -0.4 is 0 Å². The number of para-hydroxylation sites is 1. The number of carbonyl (C=O) groups is 1.